The van der Waals surface area contributed by atoms with Crippen LogP contribution < -0.4 is 10.2 Å². The second kappa shape index (κ2) is 5.40. The summed E-state index contributed by atoms with van der Waals surface area (Å²) in [6, 6.07) is 7.79. The van der Waals surface area contributed by atoms with E-state index < -0.39 is 0 Å². The van der Waals surface area contributed by atoms with Crippen LogP contribution in [-0.4, -0.2) is 19.1 Å². The van der Waals surface area contributed by atoms with E-state index in [9.17, 15) is 0 Å². The fourth-order valence-electron chi connectivity index (χ4n) is 3.08. The number of nitrogens with one attached hydrogen (secondary N) is 1. The smallest absolute Gasteiger partial charge is 0.0396 e. The van der Waals surface area contributed by atoms with Crippen LogP contribution in [0.2, 0.25) is 0 Å². The van der Waals surface area contributed by atoms with Crippen molar-refractivity contribution >= 4 is 5.69 Å². The van der Waals surface area contributed by atoms with E-state index in [0.29, 0.717) is 5.41 Å². The number of piperidine rings is 1. The van der Waals surface area contributed by atoms with Crippen molar-refractivity contribution in [3.05, 3.63) is 29.3 Å². The van der Waals surface area contributed by atoms with Crippen molar-refractivity contribution in [2.24, 2.45) is 5.41 Å². The summed E-state index contributed by atoms with van der Waals surface area (Å²) in [6.45, 7) is 10.5. The van der Waals surface area contributed by atoms with Crippen molar-refractivity contribution in [2.75, 3.05) is 18.0 Å². The summed E-state index contributed by atoms with van der Waals surface area (Å²) in [6.07, 6.45) is 5.33. The Labute approximate surface area is 123 Å². The van der Waals surface area contributed by atoms with Gasteiger partial charge in [-0.25, -0.2) is 0 Å². The molecule has 0 amide bonds. The van der Waals surface area contributed by atoms with Crippen molar-refractivity contribution in [1.82, 2.24) is 5.32 Å². The van der Waals surface area contributed by atoms with Crippen molar-refractivity contribution in [3.8, 4) is 0 Å². The Kier molecular flexibility index (Phi) is 3.76. The van der Waals surface area contributed by atoms with Gasteiger partial charge in [0.25, 0.3) is 0 Å². The Morgan fingerprint density at radius 2 is 1.90 bits per heavy atom. The van der Waals surface area contributed by atoms with Crippen molar-refractivity contribution < 1.29 is 0 Å². The number of aryl methyl sites for hydroxylation is 1. The van der Waals surface area contributed by atoms with Gasteiger partial charge in [-0.15, -0.1) is 0 Å². The van der Waals surface area contributed by atoms with Crippen molar-refractivity contribution in [3.63, 3.8) is 0 Å². The molecular weight excluding hydrogens is 244 g/mol. The van der Waals surface area contributed by atoms with Crippen LogP contribution >= 0.6 is 0 Å². The fourth-order valence-corrected chi connectivity index (χ4v) is 3.08. The average Bonchev–Trinajstić information content (AvgIpc) is 3.21. The molecule has 1 aromatic carbocycles. The van der Waals surface area contributed by atoms with Gasteiger partial charge in [-0.1, -0.05) is 26.0 Å². The Hall–Kier alpha value is -1.02. The summed E-state index contributed by atoms with van der Waals surface area (Å²) in [5.74, 6) is 0. The van der Waals surface area contributed by atoms with Gasteiger partial charge >= 0.3 is 0 Å². The maximum absolute atomic E-state index is 3.60. The van der Waals surface area contributed by atoms with Gasteiger partial charge in [-0.3, -0.25) is 0 Å². The van der Waals surface area contributed by atoms with Crippen LogP contribution in [0.25, 0.3) is 0 Å². The van der Waals surface area contributed by atoms with E-state index in [2.05, 4.69) is 49.2 Å². The first kappa shape index (κ1) is 13.9. The number of benzene rings is 1. The summed E-state index contributed by atoms with van der Waals surface area (Å²) in [7, 11) is 0. The maximum atomic E-state index is 3.60. The van der Waals surface area contributed by atoms with E-state index in [-0.39, 0.29) is 0 Å². The zero-order valence-corrected chi connectivity index (χ0v) is 13.2. The SMILES string of the molecule is Cc1cc(CNC2CC2)ccc1N1CCC(C)(C)CC1. The van der Waals surface area contributed by atoms with E-state index in [4.69, 9.17) is 0 Å². The zero-order valence-electron chi connectivity index (χ0n) is 13.2. The van der Waals surface area contributed by atoms with Crippen molar-refractivity contribution in [1.29, 1.82) is 0 Å². The van der Waals surface area contributed by atoms with Gasteiger partial charge in [0, 0.05) is 31.4 Å². The van der Waals surface area contributed by atoms with E-state index in [1.54, 1.807) is 0 Å². The second-order valence-electron chi connectivity index (χ2n) is 7.43. The molecular formula is C18H28N2. The number of hydrogen-bond acceptors (Lipinski definition) is 2. The van der Waals surface area contributed by atoms with Crippen LogP contribution in [0.4, 0.5) is 5.69 Å². The first-order valence-corrected chi connectivity index (χ1v) is 8.11. The van der Waals surface area contributed by atoms with Gasteiger partial charge in [-0.05, 0) is 55.2 Å². The molecule has 2 fully saturated rings. The largest absolute Gasteiger partial charge is 0.371 e. The Balaban J connectivity index is 1.64. The molecule has 1 aliphatic heterocycles. The molecule has 1 heterocycles. The molecule has 0 atom stereocenters. The van der Waals surface area contributed by atoms with Crippen LogP contribution in [0.3, 0.4) is 0 Å². The summed E-state index contributed by atoms with van der Waals surface area (Å²) in [4.78, 5) is 2.57. The van der Waals surface area contributed by atoms with E-state index in [1.807, 2.05) is 0 Å². The van der Waals surface area contributed by atoms with Crippen LogP contribution in [0.1, 0.15) is 50.7 Å². The minimum Gasteiger partial charge on any atom is -0.371 e. The van der Waals surface area contributed by atoms with Gasteiger partial charge in [0.2, 0.25) is 0 Å². The lowest BCUT2D eigenvalue weighted by Gasteiger charge is -2.39. The van der Waals surface area contributed by atoms with Gasteiger partial charge in [0.1, 0.15) is 0 Å². The van der Waals surface area contributed by atoms with Gasteiger partial charge in [0.15, 0.2) is 0 Å². The average molecular weight is 272 g/mol. The van der Waals surface area contributed by atoms with E-state index in [0.717, 1.165) is 12.6 Å². The molecule has 20 heavy (non-hydrogen) atoms. The topological polar surface area (TPSA) is 15.3 Å². The van der Waals surface area contributed by atoms with Gasteiger partial charge in [0.05, 0.1) is 0 Å². The molecule has 0 unspecified atom stereocenters. The minimum absolute atomic E-state index is 0.526. The third-order valence-electron chi connectivity index (χ3n) is 4.89. The molecule has 2 heteroatoms. The van der Waals surface area contributed by atoms with Gasteiger partial charge < -0.3 is 10.2 Å². The van der Waals surface area contributed by atoms with E-state index >= 15 is 0 Å². The summed E-state index contributed by atoms with van der Waals surface area (Å²) >= 11 is 0. The summed E-state index contributed by atoms with van der Waals surface area (Å²) in [5.41, 5.74) is 4.82. The molecule has 1 N–H and O–H groups in total. The number of rotatable bonds is 4. The molecule has 1 saturated carbocycles. The molecule has 0 spiro atoms. The first-order chi connectivity index (χ1) is 9.53. The zero-order chi connectivity index (χ0) is 14.2. The lowest BCUT2D eigenvalue weighted by atomic mass is 9.82. The maximum Gasteiger partial charge on any atom is 0.0396 e. The molecule has 2 nitrogen and oxygen atoms in total. The van der Waals surface area contributed by atoms with Crippen LogP contribution in [0.5, 0.6) is 0 Å². The highest BCUT2D eigenvalue weighted by atomic mass is 15.1. The second-order valence-corrected chi connectivity index (χ2v) is 7.43. The summed E-state index contributed by atoms with van der Waals surface area (Å²) in [5, 5.41) is 3.60. The Morgan fingerprint density at radius 3 is 2.50 bits per heavy atom. The fraction of sp³-hybridized carbons (Fsp3) is 0.667. The predicted molar refractivity (Wildman–Crippen MR) is 86.3 cm³/mol. The standard InChI is InChI=1S/C18H28N2/c1-14-12-15(13-19-16-5-6-16)4-7-17(14)20-10-8-18(2,3)9-11-20/h4,7,12,16,19H,5-6,8-11,13H2,1-3H3. The molecule has 1 aromatic rings. The number of nitrogens with zero attached hydrogens (tertiary/aromatic N) is 1. The van der Waals surface area contributed by atoms with Crippen LogP contribution in [-0.2, 0) is 6.54 Å². The third-order valence-corrected chi connectivity index (χ3v) is 4.89. The van der Waals surface area contributed by atoms with Crippen LogP contribution in [0.15, 0.2) is 18.2 Å². The molecule has 2 aliphatic rings. The molecule has 0 radical (unpaired) electrons. The Morgan fingerprint density at radius 1 is 1.20 bits per heavy atom. The molecule has 110 valence electrons. The van der Waals surface area contributed by atoms with Crippen LogP contribution in [0, 0.1) is 12.3 Å². The van der Waals surface area contributed by atoms with Crippen molar-refractivity contribution in [2.45, 2.75) is 59.0 Å². The monoisotopic (exact) mass is 272 g/mol. The minimum atomic E-state index is 0.526. The number of anilines is 1. The lowest BCUT2D eigenvalue weighted by Crippen LogP contribution is -2.37. The van der Waals surface area contributed by atoms with E-state index in [1.165, 1.54) is 55.6 Å². The van der Waals surface area contributed by atoms with Gasteiger partial charge in [-0.2, -0.15) is 0 Å². The molecule has 1 saturated heterocycles. The Bertz CT molecular complexity index is 464. The molecule has 3 rings (SSSR count). The number of hydrogen-bond donors (Lipinski definition) is 1. The highest BCUT2D eigenvalue weighted by molar-refractivity contribution is 5.54. The molecule has 0 aromatic heterocycles. The predicted octanol–water partition coefficient (Wildman–Crippen LogP) is 3.87. The molecule has 0 bridgehead atoms. The first-order valence-electron chi connectivity index (χ1n) is 8.11. The third kappa shape index (κ3) is 3.35. The molecule has 1 aliphatic carbocycles. The highest BCUT2D eigenvalue weighted by Crippen LogP contribution is 2.33. The lowest BCUT2D eigenvalue weighted by molar-refractivity contribution is 0.279. The quantitative estimate of drug-likeness (QED) is 0.895. The highest BCUT2D eigenvalue weighted by Gasteiger charge is 2.26. The normalized spacial score (nSPS) is 22.1. The summed E-state index contributed by atoms with van der Waals surface area (Å²) < 4.78 is 0.